The van der Waals surface area contributed by atoms with Crippen molar-refractivity contribution in [3.63, 3.8) is 0 Å². The van der Waals surface area contributed by atoms with Gasteiger partial charge in [0.05, 0.1) is 0 Å². The molecule has 1 aliphatic rings. The summed E-state index contributed by atoms with van der Waals surface area (Å²) in [6.07, 6.45) is 3.33. The molecule has 0 saturated heterocycles. The van der Waals surface area contributed by atoms with Gasteiger partial charge < -0.3 is 10.6 Å². The van der Waals surface area contributed by atoms with Gasteiger partial charge in [-0.05, 0) is 43.5 Å². The molecule has 2 rings (SSSR count). The minimum absolute atomic E-state index is 0.311. The number of anilines is 1. The third kappa shape index (κ3) is 4.79. The molecule has 19 heavy (non-hydrogen) atoms. The molecule has 0 atom stereocenters. The van der Waals surface area contributed by atoms with Gasteiger partial charge >= 0.3 is 6.03 Å². The van der Waals surface area contributed by atoms with Crippen molar-refractivity contribution in [3.05, 3.63) is 29.3 Å². The van der Waals surface area contributed by atoms with Crippen molar-refractivity contribution in [2.24, 2.45) is 4.99 Å². The van der Waals surface area contributed by atoms with E-state index in [2.05, 4.69) is 20.9 Å². The molecule has 2 amide bonds. The molecule has 0 saturated carbocycles. The molecule has 0 aliphatic carbocycles. The first kappa shape index (κ1) is 13.7. The van der Waals surface area contributed by atoms with Gasteiger partial charge in [-0.1, -0.05) is 11.6 Å². The quantitative estimate of drug-likeness (QED) is 0.740. The fourth-order valence-corrected chi connectivity index (χ4v) is 1.88. The molecule has 0 bridgehead atoms. The number of halogens is 1. The van der Waals surface area contributed by atoms with Gasteiger partial charge in [0, 0.05) is 23.8 Å². The molecule has 1 aromatic carbocycles. The zero-order valence-electron chi connectivity index (χ0n) is 10.6. The summed E-state index contributed by atoms with van der Waals surface area (Å²) in [5.41, 5.74) is 0.688. The second-order valence-electron chi connectivity index (χ2n) is 4.30. The van der Waals surface area contributed by atoms with E-state index < -0.39 is 0 Å². The molecular weight excluding hydrogens is 264 g/mol. The van der Waals surface area contributed by atoms with Crippen LogP contribution in [-0.4, -0.2) is 25.1 Å². The highest BCUT2D eigenvalue weighted by Gasteiger charge is 2.07. The summed E-state index contributed by atoms with van der Waals surface area (Å²) in [7, 11) is 0. The van der Waals surface area contributed by atoms with Crippen LogP contribution in [-0.2, 0) is 0 Å². The summed E-state index contributed by atoms with van der Waals surface area (Å²) < 4.78 is 0. The fraction of sp³-hybridized carbons (Fsp3) is 0.385. The van der Waals surface area contributed by atoms with Crippen LogP contribution in [0.1, 0.15) is 19.3 Å². The third-order valence-electron chi connectivity index (χ3n) is 2.73. The summed E-state index contributed by atoms with van der Waals surface area (Å²) in [6, 6.07) is 6.63. The van der Waals surface area contributed by atoms with Crippen LogP contribution in [0.2, 0.25) is 5.02 Å². The minimum Gasteiger partial charge on any atom is -0.356 e. The molecule has 1 aliphatic heterocycles. The monoisotopic (exact) mass is 280 g/mol. The second-order valence-corrected chi connectivity index (χ2v) is 4.74. The topological polar surface area (TPSA) is 65.5 Å². The predicted molar refractivity (Wildman–Crippen MR) is 77.8 cm³/mol. The zero-order chi connectivity index (χ0) is 13.5. The van der Waals surface area contributed by atoms with Gasteiger partial charge in [-0.2, -0.15) is 0 Å². The Labute approximate surface area is 117 Å². The van der Waals surface area contributed by atoms with Crippen LogP contribution in [0.5, 0.6) is 0 Å². The van der Waals surface area contributed by atoms with Crippen molar-refractivity contribution < 1.29 is 4.79 Å². The predicted octanol–water partition coefficient (Wildman–Crippen LogP) is 2.59. The van der Waals surface area contributed by atoms with E-state index in [1.54, 1.807) is 24.3 Å². The Morgan fingerprint density at radius 1 is 1.16 bits per heavy atom. The van der Waals surface area contributed by atoms with Crippen molar-refractivity contribution >= 4 is 29.3 Å². The van der Waals surface area contributed by atoms with Crippen LogP contribution >= 0.6 is 11.6 Å². The molecule has 0 unspecified atom stereocenters. The first-order valence-electron chi connectivity index (χ1n) is 6.36. The SMILES string of the molecule is O=C(NC1=NCCCCCN1)Nc1ccc(Cl)cc1. The Morgan fingerprint density at radius 3 is 2.74 bits per heavy atom. The number of benzene rings is 1. The van der Waals surface area contributed by atoms with Crippen LogP contribution in [0.25, 0.3) is 0 Å². The number of amides is 2. The number of urea groups is 1. The first-order chi connectivity index (χ1) is 9.24. The highest BCUT2D eigenvalue weighted by Crippen LogP contribution is 2.12. The van der Waals surface area contributed by atoms with Gasteiger partial charge in [-0.25, -0.2) is 4.79 Å². The number of hydrogen-bond donors (Lipinski definition) is 3. The van der Waals surface area contributed by atoms with E-state index in [0.717, 1.165) is 25.9 Å². The van der Waals surface area contributed by atoms with E-state index in [-0.39, 0.29) is 6.03 Å². The maximum atomic E-state index is 11.8. The number of hydrogen-bond acceptors (Lipinski definition) is 3. The van der Waals surface area contributed by atoms with E-state index in [4.69, 9.17) is 11.6 Å². The first-order valence-corrected chi connectivity index (χ1v) is 6.74. The van der Waals surface area contributed by atoms with E-state index in [1.165, 1.54) is 6.42 Å². The van der Waals surface area contributed by atoms with Crippen molar-refractivity contribution in [2.75, 3.05) is 18.4 Å². The standard InChI is InChI=1S/C13H17ClN4O/c14-10-4-6-11(7-5-10)17-13(19)18-12-15-8-2-1-3-9-16-12/h4-7H,1-3,8-9H2,(H3,15,16,17,18,19). The lowest BCUT2D eigenvalue weighted by atomic mass is 10.2. The Hall–Kier alpha value is -1.75. The summed E-state index contributed by atoms with van der Waals surface area (Å²) >= 11 is 5.78. The molecule has 1 aromatic rings. The molecule has 5 nitrogen and oxygen atoms in total. The number of nitrogens with zero attached hydrogens (tertiary/aromatic N) is 1. The number of carbonyl (C=O) groups is 1. The van der Waals surface area contributed by atoms with Crippen LogP contribution in [0.15, 0.2) is 29.3 Å². The maximum absolute atomic E-state index is 11.8. The Kier molecular flexibility index (Phi) is 5.03. The number of guanidine groups is 1. The van der Waals surface area contributed by atoms with Crippen LogP contribution in [0, 0.1) is 0 Å². The summed E-state index contributed by atoms with van der Waals surface area (Å²) in [6.45, 7) is 1.57. The minimum atomic E-state index is -0.311. The Balaban J connectivity index is 1.87. The van der Waals surface area contributed by atoms with Crippen molar-refractivity contribution in [2.45, 2.75) is 19.3 Å². The number of carbonyl (C=O) groups excluding carboxylic acids is 1. The average molecular weight is 281 g/mol. The number of rotatable bonds is 1. The highest BCUT2D eigenvalue weighted by atomic mass is 35.5. The number of aliphatic imine (C=N–C) groups is 1. The van der Waals surface area contributed by atoms with E-state index in [1.807, 2.05) is 0 Å². The van der Waals surface area contributed by atoms with E-state index in [0.29, 0.717) is 16.7 Å². The van der Waals surface area contributed by atoms with Crippen molar-refractivity contribution in [1.29, 1.82) is 0 Å². The van der Waals surface area contributed by atoms with Gasteiger partial charge in [0.15, 0.2) is 5.96 Å². The molecule has 0 aromatic heterocycles. The van der Waals surface area contributed by atoms with Gasteiger partial charge in [0.2, 0.25) is 0 Å². The lowest BCUT2D eigenvalue weighted by molar-refractivity contribution is 0.256. The van der Waals surface area contributed by atoms with Crippen LogP contribution in [0.4, 0.5) is 10.5 Å². The Morgan fingerprint density at radius 2 is 1.95 bits per heavy atom. The van der Waals surface area contributed by atoms with Gasteiger partial charge in [0.1, 0.15) is 0 Å². The molecular formula is C13H17ClN4O. The van der Waals surface area contributed by atoms with Crippen molar-refractivity contribution in [1.82, 2.24) is 10.6 Å². The normalized spacial score (nSPS) is 15.5. The third-order valence-corrected chi connectivity index (χ3v) is 2.98. The molecule has 6 heteroatoms. The summed E-state index contributed by atoms with van der Waals surface area (Å²) in [4.78, 5) is 16.1. The smallest absolute Gasteiger partial charge is 0.325 e. The molecule has 3 N–H and O–H groups in total. The van der Waals surface area contributed by atoms with Crippen molar-refractivity contribution in [3.8, 4) is 0 Å². The van der Waals surface area contributed by atoms with E-state index in [9.17, 15) is 4.79 Å². The van der Waals surface area contributed by atoms with Crippen LogP contribution < -0.4 is 16.0 Å². The van der Waals surface area contributed by atoms with E-state index >= 15 is 0 Å². The van der Waals surface area contributed by atoms with Gasteiger partial charge in [-0.3, -0.25) is 10.3 Å². The maximum Gasteiger partial charge on any atom is 0.325 e. The number of nitrogens with one attached hydrogen (secondary N) is 3. The molecule has 0 radical (unpaired) electrons. The summed E-state index contributed by atoms with van der Waals surface area (Å²) in [5.74, 6) is 0.533. The molecule has 0 spiro atoms. The lowest BCUT2D eigenvalue weighted by Crippen LogP contribution is -2.44. The van der Waals surface area contributed by atoms with Gasteiger partial charge in [-0.15, -0.1) is 0 Å². The fourth-order valence-electron chi connectivity index (χ4n) is 1.75. The van der Waals surface area contributed by atoms with Gasteiger partial charge in [0.25, 0.3) is 0 Å². The van der Waals surface area contributed by atoms with Crippen LogP contribution in [0.3, 0.4) is 0 Å². The molecule has 102 valence electrons. The average Bonchev–Trinajstić information content (AvgIpc) is 2.35. The summed E-state index contributed by atoms with van der Waals surface area (Å²) in [5, 5.41) is 9.17. The second kappa shape index (κ2) is 6.99. The molecule has 1 heterocycles. The lowest BCUT2D eigenvalue weighted by Gasteiger charge is -2.14. The zero-order valence-corrected chi connectivity index (χ0v) is 11.3. The Bertz CT molecular complexity index is 458. The largest absolute Gasteiger partial charge is 0.356 e. The highest BCUT2D eigenvalue weighted by molar-refractivity contribution is 6.30. The molecule has 0 fully saturated rings.